The van der Waals surface area contributed by atoms with Gasteiger partial charge in [0.1, 0.15) is 39.5 Å². The maximum atomic E-state index is 11.0. The number of thiophene rings is 3. The van der Waals surface area contributed by atoms with Crippen LogP contribution >= 0.6 is 49.9 Å². The van der Waals surface area contributed by atoms with Gasteiger partial charge in [0.2, 0.25) is 0 Å². The number of nitrogens with one attached hydrogen (secondary N) is 1. The Hall–Kier alpha value is -7.23. The Bertz CT molecular complexity index is 2740. The number of hydrogen-bond acceptors (Lipinski definition) is 13. The van der Waals surface area contributed by atoms with Crippen molar-refractivity contribution in [2.75, 3.05) is 57.8 Å². The van der Waals surface area contributed by atoms with Gasteiger partial charge in [0.25, 0.3) is 0 Å². The van der Waals surface area contributed by atoms with E-state index in [-0.39, 0.29) is 0 Å². The van der Waals surface area contributed by atoms with Crippen molar-refractivity contribution in [1.29, 1.82) is 0 Å². The summed E-state index contributed by atoms with van der Waals surface area (Å²) in [4.78, 5) is 16.0. The molecule has 0 aliphatic carbocycles. The zero-order chi connectivity index (χ0) is 52.9. The van der Waals surface area contributed by atoms with Crippen LogP contribution in [0.25, 0.3) is 0 Å². The van der Waals surface area contributed by atoms with Gasteiger partial charge in [0, 0.05) is 34.1 Å². The van der Waals surface area contributed by atoms with Crippen molar-refractivity contribution < 1.29 is 33.2 Å². The molecule has 9 rings (SSSR count). The number of carbonyl (C=O) groups excluding carboxylic acids is 1. The third-order valence-electron chi connectivity index (χ3n) is 10.7. The summed E-state index contributed by atoms with van der Waals surface area (Å²) in [7, 11) is 9.96. The summed E-state index contributed by atoms with van der Waals surface area (Å²) >= 11 is 8.14. The Labute approximate surface area is 457 Å². The standard InChI is InChI=1S/C19H17NO3S.C18H17NO2S.C14H15NO2.C5H12.C4H3BrS/c1-22-16-7-3-14(4-8-16)20(19-12-11-18(13-21)24-19)15-5-9-17(23-2)10-6-15;1-20-16-9-5-14(6-10-16)19(18-4-3-13-22-18)15-7-11-17(21-2)12-8-15;1-16-13-7-3-11(4-8-13)15-12-5-9-14(17-2)10-6-12;1-3-5-4-2;5-4-2-1-3-6-4/h3-13H,1-2H3;3-13H,1-2H3;3-10,15H,1-2H3;3-5H2,1-2H3;1-3H. The highest BCUT2D eigenvalue weighted by molar-refractivity contribution is 9.11. The quantitative estimate of drug-likeness (QED) is 0.0889. The molecule has 3 heterocycles. The van der Waals surface area contributed by atoms with Gasteiger partial charge in [0.15, 0.2) is 6.29 Å². The minimum atomic E-state index is 0.692. The van der Waals surface area contributed by atoms with Crippen LogP contribution in [-0.4, -0.2) is 48.9 Å². The Morgan fingerprint density at radius 2 is 0.770 bits per heavy atom. The molecule has 0 radical (unpaired) electrons. The molecule has 14 heteroatoms. The lowest BCUT2D eigenvalue weighted by Crippen LogP contribution is -2.08. The number of unbranched alkanes of at least 4 members (excludes halogenated alkanes) is 2. The van der Waals surface area contributed by atoms with Crippen LogP contribution in [0.4, 0.5) is 44.1 Å². The predicted octanol–water partition coefficient (Wildman–Crippen LogP) is 18.4. The van der Waals surface area contributed by atoms with E-state index in [1.165, 1.54) is 34.4 Å². The van der Waals surface area contributed by atoms with E-state index in [9.17, 15) is 4.79 Å². The fourth-order valence-electron chi connectivity index (χ4n) is 6.78. The average Bonchev–Trinajstić information content (AvgIpc) is 4.29. The van der Waals surface area contributed by atoms with Crippen molar-refractivity contribution in [1.82, 2.24) is 0 Å². The van der Waals surface area contributed by atoms with Gasteiger partial charge in [-0.3, -0.25) is 4.79 Å². The van der Waals surface area contributed by atoms with Gasteiger partial charge < -0.3 is 43.5 Å². The second-order valence-electron chi connectivity index (χ2n) is 15.6. The van der Waals surface area contributed by atoms with E-state index in [0.717, 1.165) is 84.9 Å². The van der Waals surface area contributed by atoms with Crippen molar-refractivity contribution in [2.24, 2.45) is 0 Å². The highest BCUT2D eigenvalue weighted by atomic mass is 79.9. The first-order valence-electron chi connectivity index (χ1n) is 23.7. The number of nitrogens with zero attached hydrogens (tertiary/aromatic N) is 2. The van der Waals surface area contributed by atoms with Gasteiger partial charge >= 0.3 is 0 Å². The number of benzene rings is 6. The molecular formula is C60H64BrN3O7S3. The number of aldehydes is 1. The first-order valence-corrected chi connectivity index (χ1v) is 27.0. The van der Waals surface area contributed by atoms with Crippen LogP contribution in [0.3, 0.4) is 0 Å². The Morgan fingerprint density at radius 3 is 1.01 bits per heavy atom. The van der Waals surface area contributed by atoms with Crippen LogP contribution in [0, 0.1) is 0 Å². The normalized spacial score (nSPS) is 9.91. The lowest BCUT2D eigenvalue weighted by Gasteiger charge is -2.24. The average molecular weight is 1120 g/mol. The van der Waals surface area contributed by atoms with Crippen molar-refractivity contribution in [3.8, 4) is 34.5 Å². The number of carbonyl (C=O) groups is 1. The van der Waals surface area contributed by atoms with Crippen LogP contribution in [0.1, 0.15) is 42.8 Å². The van der Waals surface area contributed by atoms with Crippen molar-refractivity contribution in [2.45, 2.75) is 33.1 Å². The van der Waals surface area contributed by atoms with Gasteiger partial charge in [-0.25, -0.2) is 0 Å². The molecule has 1 N–H and O–H groups in total. The molecule has 0 atom stereocenters. The van der Waals surface area contributed by atoms with Crippen molar-refractivity contribution in [3.05, 3.63) is 201 Å². The minimum absolute atomic E-state index is 0.692. The van der Waals surface area contributed by atoms with Crippen molar-refractivity contribution in [3.63, 3.8) is 0 Å². The van der Waals surface area contributed by atoms with Crippen LogP contribution < -0.4 is 43.5 Å². The molecule has 0 unspecified atom stereocenters. The Balaban J connectivity index is 0.000000188. The lowest BCUT2D eigenvalue weighted by atomic mass is 10.2. The molecule has 0 aliphatic rings. The van der Waals surface area contributed by atoms with Crippen LogP contribution in [0.5, 0.6) is 34.5 Å². The lowest BCUT2D eigenvalue weighted by molar-refractivity contribution is 0.112. The minimum Gasteiger partial charge on any atom is -0.497 e. The molecule has 0 fully saturated rings. The Morgan fingerprint density at radius 1 is 0.432 bits per heavy atom. The fraction of sp³-hybridized carbons (Fsp3) is 0.183. The zero-order valence-corrected chi connectivity index (χ0v) is 47.1. The van der Waals surface area contributed by atoms with Crippen molar-refractivity contribution >= 4 is 100 Å². The van der Waals surface area contributed by atoms with E-state index in [4.69, 9.17) is 28.4 Å². The number of ether oxygens (including phenoxy) is 6. The third-order valence-corrected chi connectivity index (χ3v) is 14.0. The number of hydrogen-bond donors (Lipinski definition) is 1. The smallest absolute Gasteiger partial charge is 0.160 e. The van der Waals surface area contributed by atoms with E-state index in [1.807, 2.05) is 151 Å². The summed E-state index contributed by atoms with van der Waals surface area (Å²) < 4.78 is 32.4. The molecule has 74 heavy (non-hydrogen) atoms. The van der Waals surface area contributed by atoms with Crippen LogP contribution in [0.15, 0.2) is 197 Å². The number of anilines is 8. The van der Waals surface area contributed by atoms with E-state index < -0.39 is 0 Å². The molecule has 0 bridgehead atoms. The molecule has 0 aliphatic heterocycles. The fourth-order valence-corrected chi connectivity index (χ4v) is 9.34. The largest absolute Gasteiger partial charge is 0.497 e. The number of rotatable bonds is 17. The second-order valence-corrected chi connectivity index (χ2v) is 19.9. The summed E-state index contributed by atoms with van der Waals surface area (Å²) in [6.45, 7) is 4.42. The van der Waals surface area contributed by atoms with Gasteiger partial charge in [-0.2, -0.15) is 0 Å². The molecule has 0 saturated carbocycles. The van der Waals surface area contributed by atoms with E-state index in [1.54, 1.807) is 65.3 Å². The summed E-state index contributed by atoms with van der Waals surface area (Å²) in [6.07, 6.45) is 4.95. The SMILES string of the molecule is Brc1cccs1.CCCCC.COc1ccc(N(c2ccc(OC)cc2)c2ccc(C=O)s2)cc1.COc1ccc(N(c2ccc(OC)cc2)c2cccs2)cc1.COc1ccc(Nc2ccc(OC)cc2)cc1. The van der Waals surface area contributed by atoms with E-state index >= 15 is 0 Å². The van der Waals surface area contributed by atoms with Gasteiger partial charge in [-0.05, 0) is 203 Å². The first kappa shape index (κ1) is 57.7. The van der Waals surface area contributed by atoms with Gasteiger partial charge in [0.05, 0.1) is 56.3 Å². The molecule has 386 valence electrons. The topological polar surface area (TPSA) is 91.0 Å². The number of halogens is 1. The maximum Gasteiger partial charge on any atom is 0.160 e. The molecule has 10 nitrogen and oxygen atoms in total. The Kier molecular flexibility index (Phi) is 25.0. The third kappa shape index (κ3) is 18.4. The number of methoxy groups -OCH3 is 6. The predicted molar refractivity (Wildman–Crippen MR) is 316 cm³/mol. The van der Waals surface area contributed by atoms with Crippen LogP contribution in [0.2, 0.25) is 0 Å². The summed E-state index contributed by atoms with van der Waals surface area (Å²) in [5, 5.41) is 9.53. The molecule has 0 saturated heterocycles. The van der Waals surface area contributed by atoms with Crippen LogP contribution in [-0.2, 0) is 0 Å². The molecular weight excluding hydrogens is 1050 g/mol. The van der Waals surface area contributed by atoms with E-state index in [2.05, 4.69) is 86.7 Å². The highest BCUT2D eigenvalue weighted by Crippen LogP contribution is 2.40. The molecule has 9 aromatic rings. The second kappa shape index (κ2) is 32.1. The highest BCUT2D eigenvalue weighted by Gasteiger charge is 2.16. The molecule has 6 aromatic carbocycles. The first-order chi connectivity index (χ1) is 36.2. The monoisotopic (exact) mass is 1110 g/mol. The summed E-state index contributed by atoms with van der Waals surface area (Å²) in [6, 6.07) is 59.3. The summed E-state index contributed by atoms with van der Waals surface area (Å²) in [5.41, 5.74) is 6.20. The molecule has 0 amide bonds. The summed E-state index contributed by atoms with van der Waals surface area (Å²) in [5.74, 6) is 5.01. The van der Waals surface area contributed by atoms with Gasteiger partial charge in [-0.15, -0.1) is 34.0 Å². The molecule has 3 aromatic heterocycles. The maximum absolute atomic E-state index is 11.0. The molecule has 0 spiro atoms. The zero-order valence-electron chi connectivity index (χ0n) is 43.0. The van der Waals surface area contributed by atoms with Gasteiger partial charge in [-0.1, -0.05) is 39.2 Å². The van der Waals surface area contributed by atoms with E-state index in [0.29, 0.717) is 4.88 Å².